The molecule has 0 radical (unpaired) electrons. The van der Waals surface area contributed by atoms with Crippen LogP contribution in [0.25, 0.3) is 0 Å². The summed E-state index contributed by atoms with van der Waals surface area (Å²) in [6.07, 6.45) is 8.44. The molecule has 4 fully saturated rings. The second-order valence-corrected chi connectivity index (χ2v) is 14.1. The van der Waals surface area contributed by atoms with Crippen LogP contribution < -0.4 is 0 Å². The van der Waals surface area contributed by atoms with E-state index in [9.17, 15) is 15.0 Å². The van der Waals surface area contributed by atoms with Crippen molar-refractivity contribution in [3.63, 3.8) is 0 Å². The van der Waals surface area contributed by atoms with Gasteiger partial charge in [-0.25, -0.2) is 0 Å². The fourth-order valence-electron chi connectivity index (χ4n) is 9.92. The van der Waals surface area contributed by atoms with Crippen LogP contribution in [0.5, 0.6) is 0 Å². The molecular formula is C29H45ClO3. The van der Waals surface area contributed by atoms with Crippen LogP contribution in [-0.2, 0) is 4.79 Å². The van der Waals surface area contributed by atoms with E-state index in [2.05, 4.69) is 34.6 Å². The van der Waals surface area contributed by atoms with Crippen molar-refractivity contribution in [1.82, 2.24) is 0 Å². The molecule has 2 N–H and O–H groups in total. The van der Waals surface area contributed by atoms with Crippen LogP contribution in [-0.4, -0.2) is 33.1 Å². The van der Waals surface area contributed by atoms with E-state index in [0.29, 0.717) is 30.6 Å². The lowest BCUT2D eigenvalue weighted by Crippen LogP contribution is -2.70. The highest BCUT2D eigenvalue weighted by atomic mass is 35.5. The Balaban J connectivity index is 1.43. The Labute approximate surface area is 205 Å². The fraction of sp³-hybridized carbons (Fsp3) is 0.897. The van der Waals surface area contributed by atoms with Crippen molar-refractivity contribution in [2.45, 2.75) is 97.1 Å². The first kappa shape index (κ1) is 24.3. The molecule has 0 aromatic heterocycles. The Morgan fingerprint density at radius 3 is 2.45 bits per heavy atom. The van der Waals surface area contributed by atoms with Crippen molar-refractivity contribution in [1.29, 1.82) is 0 Å². The number of hydrogen-bond donors (Lipinski definition) is 2. The lowest BCUT2D eigenvalue weighted by molar-refractivity contribution is -0.215. The fourth-order valence-corrected chi connectivity index (χ4v) is 10.4. The third-order valence-corrected chi connectivity index (χ3v) is 12.8. The molecule has 0 unspecified atom stereocenters. The molecule has 186 valence electrons. The van der Waals surface area contributed by atoms with E-state index in [0.717, 1.165) is 30.1 Å². The molecule has 0 aliphatic heterocycles. The van der Waals surface area contributed by atoms with Gasteiger partial charge in [-0.05, 0) is 104 Å². The van der Waals surface area contributed by atoms with Gasteiger partial charge in [-0.15, -0.1) is 11.6 Å². The monoisotopic (exact) mass is 476 g/mol. The van der Waals surface area contributed by atoms with Gasteiger partial charge in [0.25, 0.3) is 0 Å². The number of allylic oxidation sites excluding steroid dienone is 1. The van der Waals surface area contributed by atoms with Gasteiger partial charge in [-0.2, -0.15) is 0 Å². The van der Waals surface area contributed by atoms with Crippen molar-refractivity contribution in [2.75, 3.05) is 0 Å². The van der Waals surface area contributed by atoms with Crippen LogP contribution in [0, 0.1) is 64.1 Å². The minimum absolute atomic E-state index is 0.0503. The van der Waals surface area contributed by atoms with Gasteiger partial charge in [0.2, 0.25) is 0 Å². The topological polar surface area (TPSA) is 57.5 Å². The molecule has 0 heterocycles. The quantitative estimate of drug-likeness (QED) is 0.500. The highest BCUT2D eigenvalue weighted by Crippen LogP contribution is 2.70. The largest absolute Gasteiger partial charge is 0.393 e. The molecule has 13 atom stereocenters. The molecule has 4 saturated carbocycles. The summed E-state index contributed by atoms with van der Waals surface area (Å²) in [5, 5.41) is 22.9. The van der Waals surface area contributed by atoms with E-state index in [-0.39, 0.29) is 23.0 Å². The standard InChI is InChI=1S/C29H45ClO3/c1-15(2)16(3)18-12-19(18)17(4)21-9-10-22-20-13-24(30)29(33)11-7-8-25(32)28(29,6)26(20)23(31)14-27(21,22)5/h7-8,15-24,26,31,33H,9-14H2,1-6H3/t16-,17-,18-,19-,20+,21-,22+,23-,24+,26-,27-,28-,29-/m1/s1. The third-order valence-electron chi connectivity index (χ3n) is 12.2. The highest BCUT2D eigenvalue weighted by Gasteiger charge is 2.71. The van der Waals surface area contributed by atoms with Crippen LogP contribution in [0.1, 0.15) is 80.1 Å². The first-order valence-corrected chi connectivity index (χ1v) is 14.1. The van der Waals surface area contributed by atoms with E-state index in [1.807, 2.05) is 6.92 Å². The number of carbonyl (C=O) groups excluding carboxylic acids is 1. The van der Waals surface area contributed by atoms with Gasteiger partial charge in [-0.3, -0.25) is 4.79 Å². The predicted molar refractivity (Wildman–Crippen MR) is 133 cm³/mol. The van der Waals surface area contributed by atoms with Crippen LogP contribution in [0.4, 0.5) is 0 Å². The Kier molecular flexibility index (Phi) is 5.75. The van der Waals surface area contributed by atoms with E-state index < -0.39 is 22.5 Å². The Hall–Kier alpha value is -0.380. The summed E-state index contributed by atoms with van der Waals surface area (Å²) in [4.78, 5) is 13.3. The number of hydrogen-bond acceptors (Lipinski definition) is 3. The van der Waals surface area contributed by atoms with E-state index in [1.54, 1.807) is 12.2 Å². The number of carbonyl (C=O) groups is 1. The second-order valence-electron chi connectivity index (χ2n) is 13.6. The normalized spacial score (nSPS) is 55.0. The van der Waals surface area contributed by atoms with Gasteiger partial charge in [0.15, 0.2) is 5.78 Å². The molecule has 33 heavy (non-hydrogen) atoms. The molecule has 3 nitrogen and oxygen atoms in total. The SMILES string of the molecule is CC(C)[C@@H](C)[C@H]1C[C@@H]1[C@@H](C)[C@H]1CC[C@H]2[C@@H]3C[C@H](Cl)[C@]4(O)CC=CC(=O)[C@]4(C)[C@H]3[C@H](O)C[C@]12C. The number of halogens is 1. The molecule has 0 spiro atoms. The molecule has 5 aliphatic rings. The number of alkyl halides is 1. The lowest BCUT2D eigenvalue weighted by Gasteiger charge is -2.64. The first-order valence-electron chi connectivity index (χ1n) is 13.6. The summed E-state index contributed by atoms with van der Waals surface area (Å²) in [7, 11) is 0. The van der Waals surface area contributed by atoms with Gasteiger partial charge >= 0.3 is 0 Å². The second kappa shape index (κ2) is 7.81. The molecule has 0 aromatic carbocycles. The summed E-state index contributed by atoms with van der Waals surface area (Å²) in [5.74, 6) is 4.89. The van der Waals surface area contributed by atoms with E-state index in [4.69, 9.17) is 11.6 Å². The highest BCUT2D eigenvalue weighted by molar-refractivity contribution is 6.22. The molecule has 5 rings (SSSR count). The van der Waals surface area contributed by atoms with Gasteiger partial charge in [0.1, 0.15) is 0 Å². The lowest BCUT2D eigenvalue weighted by atomic mass is 9.42. The zero-order valence-electron chi connectivity index (χ0n) is 21.4. The summed E-state index contributed by atoms with van der Waals surface area (Å²) in [6, 6.07) is 0. The summed E-state index contributed by atoms with van der Waals surface area (Å²) < 4.78 is 0. The number of rotatable bonds is 4. The van der Waals surface area contributed by atoms with Crippen molar-refractivity contribution in [3.05, 3.63) is 12.2 Å². The van der Waals surface area contributed by atoms with Crippen molar-refractivity contribution in [2.24, 2.45) is 64.1 Å². The van der Waals surface area contributed by atoms with Gasteiger partial charge in [-0.1, -0.05) is 40.7 Å². The number of aliphatic hydroxyl groups is 2. The van der Waals surface area contributed by atoms with Crippen molar-refractivity contribution >= 4 is 17.4 Å². The summed E-state index contributed by atoms with van der Waals surface area (Å²) in [5.41, 5.74) is -2.18. The minimum Gasteiger partial charge on any atom is -0.393 e. The molecule has 0 amide bonds. The molecule has 0 saturated heterocycles. The average Bonchev–Trinajstić information content (AvgIpc) is 3.45. The molecule has 0 aromatic rings. The maximum absolute atomic E-state index is 13.3. The first-order chi connectivity index (χ1) is 15.4. The van der Waals surface area contributed by atoms with Gasteiger partial charge in [0.05, 0.1) is 22.5 Å². The summed E-state index contributed by atoms with van der Waals surface area (Å²) >= 11 is 6.91. The zero-order valence-corrected chi connectivity index (χ0v) is 22.2. The zero-order chi connectivity index (χ0) is 24.1. The maximum atomic E-state index is 13.3. The summed E-state index contributed by atoms with van der Waals surface area (Å²) in [6.45, 7) is 13.9. The van der Waals surface area contributed by atoms with Gasteiger partial charge in [0, 0.05) is 5.92 Å². The van der Waals surface area contributed by atoms with E-state index >= 15 is 0 Å². The molecule has 4 heteroatoms. The third kappa shape index (κ3) is 3.17. The van der Waals surface area contributed by atoms with Crippen LogP contribution >= 0.6 is 11.6 Å². The number of ketones is 1. The average molecular weight is 477 g/mol. The van der Waals surface area contributed by atoms with Crippen LogP contribution in [0.3, 0.4) is 0 Å². The number of aliphatic hydroxyl groups excluding tert-OH is 1. The molecule has 0 bridgehead atoms. The minimum atomic E-state index is -1.27. The predicted octanol–water partition coefficient (Wildman–Crippen LogP) is 5.86. The van der Waals surface area contributed by atoms with Gasteiger partial charge < -0.3 is 10.2 Å². The van der Waals surface area contributed by atoms with Crippen molar-refractivity contribution in [3.8, 4) is 0 Å². The Morgan fingerprint density at radius 1 is 1.09 bits per heavy atom. The number of fused-ring (bicyclic) bond motifs is 5. The van der Waals surface area contributed by atoms with Crippen LogP contribution in [0.2, 0.25) is 0 Å². The van der Waals surface area contributed by atoms with E-state index in [1.165, 1.54) is 19.3 Å². The maximum Gasteiger partial charge on any atom is 0.164 e. The Morgan fingerprint density at radius 2 is 1.79 bits per heavy atom. The molecular weight excluding hydrogens is 432 g/mol. The van der Waals surface area contributed by atoms with Crippen molar-refractivity contribution < 1.29 is 15.0 Å². The smallest absolute Gasteiger partial charge is 0.164 e. The van der Waals surface area contributed by atoms with Crippen LogP contribution in [0.15, 0.2) is 12.2 Å². The molecule has 5 aliphatic carbocycles. The Bertz CT molecular complexity index is 839.